The van der Waals surface area contributed by atoms with Crippen LogP contribution in [0.3, 0.4) is 0 Å². The second-order valence-corrected chi connectivity index (χ2v) is 10.5. The second-order valence-electron chi connectivity index (χ2n) is 10.5. The van der Waals surface area contributed by atoms with E-state index >= 15 is 0 Å². The fourth-order valence-corrected chi connectivity index (χ4v) is 5.51. The summed E-state index contributed by atoms with van der Waals surface area (Å²) in [6.07, 6.45) is 9.73. The molecule has 7 rings (SSSR count). The first-order valence-electron chi connectivity index (χ1n) is 14.3. The van der Waals surface area contributed by atoms with Crippen molar-refractivity contribution in [2.45, 2.75) is 12.8 Å². The Morgan fingerprint density at radius 2 is 0.857 bits per heavy atom. The first-order valence-corrected chi connectivity index (χ1v) is 14.3. The van der Waals surface area contributed by atoms with Crippen LogP contribution in [0.5, 0.6) is 0 Å². The minimum Gasteiger partial charge on any atom is -0.261 e. The van der Waals surface area contributed by atoms with E-state index < -0.39 is 0 Å². The summed E-state index contributed by atoms with van der Waals surface area (Å²) in [5.74, 6) is 0. The summed E-state index contributed by atoms with van der Waals surface area (Å²) >= 11 is 0. The van der Waals surface area contributed by atoms with E-state index in [-0.39, 0.29) is 0 Å². The highest BCUT2D eigenvalue weighted by molar-refractivity contribution is 6.02. The van der Waals surface area contributed by atoms with Crippen LogP contribution in [0.15, 0.2) is 157 Å². The van der Waals surface area contributed by atoms with E-state index in [1.807, 2.05) is 42.9 Å². The third kappa shape index (κ3) is 5.45. The molecule has 0 saturated carbocycles. The molecule has 0 saturated heterocycles. The standard InChI is InChI=1S/C39H29N3/c1-4-19-40-37(16-1)31-13-7-10-28(22-31)34-25-35(29-11-8-14-32(23-29)38-17-2-5-20-41-38)27-36(26-34)30-12-9-15-33(24-30)39-18-3-6-21-42-39/h1-2,4-17,19-27H,3,18H2. The van der Waals surface area contributed by atoms with Crippen LogP contribution in [0.1, 0.15) is 18.4 Å². The molecule has 0 radical (unpaired) electrons. The normalized spacial score (nSPS) is 12.6. The third-order valence-electron chi connectivity index (χ3n) is 7.66. The largest absolute Gasteiger partial charge is 0.261 e. The fraction of sp³-hybridized carbons (Fsp3) is 0.0513. The summed E-state index contributed by atoms with van der Waals surface area (Å²) in [5, 5.41) is 0. The van der Waals surface area contributed by atoms with Crippen molar-refractivity contribution in [1.82, 2.24) is 9.97 Å². The van der Waals surface area contributed by atoms with E-state index in [1.54, 1.807) is 0 Å². The molecule has 4 aromatic carbocycles. The van der Waals surface area contributed by atoms with Crippen molar-refractivity contribution in [2.24, 2.45) is 4.99 Å². The second kappa shape index (κ2) is 11.6. The Bertz CT molecular complexity index is 1820. The molecular weight excluding hydrogens is 510 g/mol. The molecule has 0 bridgehead atoms. The average Bonchev–Trinajstić information content (AvgIpc) is 3.09. The molecule has 1 aliphatic rings. The van der Waals surface area contributed by atoms with Gasteiger partial charge in [-0.15, -0.1) is 0 Å². The lowest BCUT2D eigenvalue weighted by molar-refractivity contribution is 1.06. The lowest BCUT2D eigenvalue weighted by Crippen LogP contribution is -2.02. The highest BCUT2D eigenvalue weighted by atomic mass is 14.7. The Balaban J connectivity index is 1.37. The fourth-order valence-electron chi connectivity index (χ4n) is 5.51. The molecule has 0 fully saturated rings. The SMILES string of the molecule is C1=CN=C(c2cccc(-c3cc(-c4cccc(-c5ccccn5)c4)cc(-c4cccc(-c5ccccn5)c4)c3)c2)CC1. The van der Waals surface area contributed by atoms with Crippen LogP contribution in [-0.2, 0) is 0 Å². The molecule has 0 unspecified atom stereocenters. The van der Waals surface area contributed by atoms with Crippen LogP contribution >= 0.6 is 0 Å². The molecule has 3 heteroatoms. The van der Waals surface area contributed by atoms with Gasteiger partial charge in [0.05, 0.1) is 11.4 Å². The van der Waals surface area contributed by atoms with Crippen LogP contribution in [0.25, 0.3) is 55.9 Å². The maximum Gasteiger partial charge on any atom is 0.0702 e. The summed E-state index contributed by atoms with van der Waals surface area (Å²) in [5.41, 5.74) is 13.4. The molecule has 0 spiro atoms. The number of allylic oxidation sites excluding steroid dienone is 1. The lowest BCUT2D eigenvalue weighted by Gasteiger charge is -2.14. The van der Waals surface area contributed by atoms with Gasteiger partial charge >= 0.3 is 0 Å². The van der Waals surface area contributed by atoms with E-state index in [4.69, 9.17) is 0 Å². The van der Waals surface area contributed by atoms with Crippen molar-refractivity contribution in [2.75, 3.05) is 0 Å². The summed E-state index contributed by atoms with van der Waals surface area (Å²) in [6, 6.07) is 45.0. The summed E-state index contributed by atoms with van der Waals surface area (Å²) in [7, 11) is 0. The van der Waals surface area contributed by atoms with Gasteiger partial charge in [-0.25, -0.2) is 0 Å². The predicted octanol–water partition coefficient (Wildman–Crippen LogP) is 9.91. The maximum atomic E-state index is 4.67. The van der Waals surface area contributed by atoms with Crippen molar-refractivity contribution < 1.29 is 0 Å². The van der Waals surface area contributed by atoms with Gasteiger partial charge in [-0.3, -0.25) is 15.0 Å². The highest BCUT2D eigenvalue weighted by Gasteiger charge is 2.12. The number of aliphatic imine (C=N–C) groups is 1. The monoisotopic (exact) mass is 539 g/mol. The van der Waals surface area contributed by atoms with Gasteiger partial charge in [0, 0.05) is 35.4 Å². The summed E-state index contributed by atoms with van der Waals surface area (Å²) in [6.45, 7) is 0. The predicted molar refractivity (Wildman–Crippen MR) is 174 cm³/mol. The first-order chi connectivity index (χ1) is 20.8. The molecule has 0 N–H and O–H groups in total. The van der Waals surface area contributed by atoms with Crippen molar-refractivity contribution in [3.8, 4) is 55.9 Å². The highest BCUT2D eigenvalue weighted by Crippen LogP contribution is 2.35. The average molecular weight is 540 g/mol. The van der Waals surface area contributed by atoms with Gasteiger partial charge in [-0.2, -0.15) is 0 Å². The number of nitrogens with zero attached hydrogens (tertiary/aromatic N) is 3. The molecule has 3 heterocycles. The Morgan fingerprint density at radius 3 is 1.31 bits per heavy atom. The van der Waals surface area contributed by atoms with Gasteiger partial charge in [0.25, 0.3) is 0 Å². The Morgan fingerprint density at radius 1 is 0.405 bits per heavy atom. The van der Waals surface area contributed by atoms with Crippen LogP contribution < -0.4 is 0 Å². The molecule has 0 amide bonds. The van der Waals surface area contributed by atoms with Crippen molar-refractivity contribution in [3.05, 3.63) is 158 Å². The van der Waals surface area contributed by atoms with Crippen LogP contribution in [0.4, 0.5) is 0 Å². The number of aromatic nitrogens is 2. The Labute approximate surface area is 246 Å². The smallest absolute Gasteiger partial charge is 0.0702 e. The molecule has 3 nitrogen and oxygen atoms in total. The molecular formula is C39H29N3. The van der Waals surface area contributed by atoms with E-state index in [9.17, 15) is 0 Å². The van der Waals surface area contributed by atoms with E-state index in [0.29, 0.717) is 0 Å². The minimum absolute atomic E-state index is 0.964. The maximum absolute atomic E-state index is 4.67. The summed E-state index contributed by atoms with van der Waals surface area (Å²) in [4.78, 5) is 13.8. The van der Waals surface area contributed by atoms with Gasteiger partial charge in [0.1, 0.15) is 0 Å². The Kier molecular flexibility index (Phi) is 7.06. The van der Waals surface area contributed by atoms with Crippen LogP contribution in [0.2, 0.25) is 0 Å². The molecule has 2 aromatic heterocycles. The molecule has 200 valence electrons. The molecule has 0 atom stereocenters. The molecule has 6 aromatic rings. The zero-order valence-electron chi connectivity index (χ0n) is 23.2. The summed E-state index contributed by atoms with van der Waals surface area (Å²) < 4.78 is 0. The number of hydrogen-bond donors (Lipinski definition) is 0. The van der Waals surface area contributed by atoms with E-state index in [0.717, 1.165) is 63.3 Å². The number of rotatable bonds is 6. The van der Waals surface area contributed by atoms with Crippen molar-refractivity contribution in [3.63, 3.8) is 0 Å². The van der Waals surface area contributed by atoms with Gasteiger partial charge in [-0.1, -0.05) is 72.8 Å². The van der Waals surface area contributed by atoms with Crippen molar-refractivity contribution >= 4 is 5.71 Å². The van der Waals surface area contributed by atoms with Gasteiger partial charge in [0.2, 0.25) is 0 Å². The topological polar surface area (TPSA) is 38.1 Å². The Hall–Kier alpha value is -5.41. The number of hydrogen-bond acceptors (Lipinski definition) is 3. The number of benzene rings is 4. The number of pyridine rings is 2. The molecule has 0 aliphatic carbocycles. The quantitative estimate of drug-likeness (QED) is 0.211. The zero-order valence-corrected chi connectivity index (χ0v) is 23.2. The molecule has 42 heavy (non-hydrogen) atoms. The van der Waals surface area contributed by atoms with Gasteiger partial charge < -0.3 is 0 Å². The van der Waals surface area contributed by atoms with E-state index in [1.165, 1.54) is 16.7 Å². The third-order valence-corrected chi connectivity index (χ3v) is 7.66. The van der Waals surface area contributed by atoms with Crippen LogP contribution in [0, 0.1) is 0 Å². The van der Waals surface area contributed by atoms with Gasteiger partial charge in [-0.05, 0) is 112 Å². The van der Waals surface area contributed by atoms with Gasteiger partial charge in [0.15, 0.2) is 0 Å². The lowest BCUT2D eigenvalue weighted by atomic mass is 9.91. The van der Waals surface area contributed by atoms with E-state index in [2.05, 4.69) is 124 Å². The molecule has 1 aliphatic heterocycles. The van der Waals surface area contributed by atoms with Crippen molar-refractivity contribution in [1.29, 1.82) is 0 Å². The first kappa shape index (κ1) is 25.6. The minimum atomic E-state index is 0.964. The zero-order chi connectivity index (χ0) is 28.1. The van der Waals surface area contributed by atoms with Crippen LogP contribution in [-0.4, -0.2) is 15.7 Å².